The maximum atomic E-state index is 13.4. The number of nitrogens with one attached hydrogen (secondary N) is 1. The van der Waals surface area contributed by atoms with Gasteiger partial charge in [-0.1, -0.05) is 12.1 Å². The number of hydrogen-bond acceptors (Lipinski definition) is 4. The van der Waals surface area contributed by atoms with Crippen LogP contribution in [0, 0.1) is 5.82 Å². The van der Waals surface area contributed by atoms with Crippen LogP contribution in [-0.2, 0) is 0 Å². The normalized spacial score (nSPS) is 15.5. The predicted octanol–water partition coefficient (Wildman–Crippen LogP) is 1.69. The first-order chi connectivity index (χ1) is 9.34. The largest absolute Gasteiger partial charge is 0.352 e. The molecule has 3 rings (SSSR count). The van der Waals surface area contributed by atoms with Crippen molar-refractivity contribution in [2.75, 3.05) is 31.1 Å². The molecule has 0 amide bonds. The van der Waals surface area contributed by atoms with Gasteiger partial charge < -0.3 is 10.2 Å². The monoisotopic (exact) mass is 258 g/mol. The molecule has 1 aromatic carbocycles. The van der Waals surface area contributed by atoms with E-state index >= 15 is 0 Å². The van der Waals surface area contributed by atoms with Gasteiger partial charge in [-0.2, -0.15) is 0 Å². The lowest BCUT2D eigenvalue weighted by Crippen LogP contribution is -2.44. The van der Waals surface area contributed by atoms with E-state index in [4.69, 9.17) is 0 Å². The number of anilines is 1. The molecule has 4 nitrogen and oxygen atoms in total. The van der Waals surface area contributed by atoms with Gasteiger partial charge >= 0.3 is 0 Å². The third-order valence-corrected chi connectivity index (χ3v) is 3.19. The van der Waals surface area contributed by atoms with Crippen LogP contribution in [0.25, 0.3) is 11.3 Å². The van der Waals surface area contributed by atoms with Crippen molar-refractivity contribution in [3.05, 3.63) is 42.5 Å². The van der Waals surface area contributed by atoms with Crippen molar-refractivity contribution < 1.29 is 4.39 Å². The highest BCUT2D eigenvalue weighted by molar-refractivity contribution is 5.72. The Morgan fingerprint density at radius 3 is 2.68 bits per heavy atom. The number of aromatic nitrogens is 2. The molecule has 98 valence electrons. The van der Waals surface area contributed by atoms with E-state index in [1.807, 2.05) is 6.07 Å². The van der Waals surface area contributed by atoms with Crippen molar-refractivity contribution in [2.24, 2.45) is 0 Å². The number of nitrogens with zero attached hydrogens (tertiary/aromatic N) is 3. The molecule has 1 aliphatic heterocycles. The fourth-order valence-corrected chi connectivity index (χ4v) is 2.28. The Kier molecular flexibility index (Phi) is 3.37. The Labute approximate surface area is 111 Å². The second-order valence-electron chi connectivity index (χ2n) is 4.48. The van der Waals surface area contributed by atoms with Crippen LogP contribution in [0.4, 0.5) is 10.2 Å². The number of hydrogen-bond donors (Lipinski definition) is 1. The lowest BCUT2D eigenvalue weighted by Gasteiger charge is -2.29. The average Bonchev–Trinajstić information content (AvgIpc) is 2.48. The smallest absolute Gasteiger partial charge is 0.155 e. The highest BCUT2D eigenvalue weighted by atomic mass is 19.1. The van der Waals surface area contributed by atoms with Crippen molar-refractivity contribution in [3.63, 3.8) is 0 Å². The van der Waals surface area contributed by atoms with E-state index in [1.54, 1.807) is 18.5 Å². The van der Waals surface area contributed by atoms with Crippen molar-refractivity contribution in [1.29, 1.82) is 0 Å². The Morgan fingerprint density at radius 1 is 1.11 bits per heavy atom. The Morgan fingerprint density at radius 2 is 1.89 bits per heavy atom. The summed E-state index contributed by atoms with van der Waals surface area (Å²) in [6, 6.07) is 6.49. The summed E-state index contributed by atoms with van der Waals surface area (Å²) < 4.78 is 13.4. The van der Waals surface area contributed by atoms with Gasteiger partial charge in [0.15, 0.2) is 5.82 Å². The summed E-state index contributed by atoms with van der Waals surface area (Å²) in [4.78, 5) is 11.0. The zero-order chi connectivity index (χ0) is 13.1. The summed E-state index contributed by atoms with van der Waals surface area (Å²) >= 11 is 0. The third kappa shape index (κ3) is 2.56. The second-order valence-corrected chi connectivity index (χ2v) is 4.48. The Bertz CT molecular complexity index is 567. The van der Waals surface area contributed by atoms with E-state index in [1.165, 1.54) is 12.1 Å². The molecule has 0 saturated carbocycles. The molecule has 2 aromatic rings. The first-order valence-electron chi connectivity index (χ1n) is 6.37. The molecule has 0 atom stereocenters. The maximum absolute atomic E-state index is 13.4. The Balaban J connectivity index is 2.01. The van der Waals surface area contributed by atoms with E-state index in [0.29, 0.717) is 0 Å². The van der Waals surface area contributed by atoms with Gasteiger partial charge in [0.2, 0.25) is 0 Å². The molecule has 0 unspecified atom stereocenters. The summed E-state index contributed by atoms with van der Waals surface area (Å²) in [7, 11) is 0. The van der Waals surface area contributed by atoms with Crippen LogP contribution in [0.3, 0.4) is 0 Å². The molecular weight excluding hydrogens is 243 g/mol. The summed E-state index contributed by atoms with van der Waals surface area (Å²) in [5.74, 6) is 0.573. The minimum atomic E-state index is -0.255. The van der Waals surface area contributed by atoms with Crippen LogP contribution in [0.5, 0.6) is 0 Å². The van der Waals surface area contributed by atoms with E-state index in [-0.39, 0.29) is 5.82 Å². The molecule has 1 fully saturated rings. The van der Waals surface area contributed by atoms with Gasteiger partial charge in [-0.3, -0.25) is 4.98 Å². The van der Waals surface area contributed by atoms with Gasteiger partial charge in [0.25, 0.3) is 0 Å². The number of halogens is 1. The van der Waals surface area contributed by atoms with Gasteiger partial charge in [-0.15, -0.1) is 0 Å². The lowest BCUT2D eigenvalue weighted by atomic mass is 10.1. The van der Waals surface area contributed by atoms with Crippen LogP contribution in [0.2, 0.25) is 0 Å². The van der Waals surface area contributed by atoms with Gasteiger partial charge in [-0.05, 0) is 12.1 Å². The first kappa shape index (κ1) is 12.0. The van der Waals surface area contributed by atoms with Gasteiger partial charge in [0, 0.05) is 44.1 Å². The standard InChI is InChI=1S/C14H15FN4/c15-12-3-1-2-11(10-12)13-14(18-5-4-17-13)19-8-6-16-7-9-19/h1-5,10,16H,6-9H2. The zero-order valence-electron chi connectivity index (χ0n) is 10.5. The molecular formula is C14H15FN4. The molecule has 0 bridgehead atoms. The maximum Gasteiger partial charge on any atom is 0.155 e. The number of piperazine rings is 1. The van der Waals surface area contributed by atoms with Crippen LogP contribution in [0.15, 0.2) is 36.7 Å². The average molecular weight is 258 g/mol. The van der Waals surface area contributed by atoms with Gasteiger partial charge in [0.05, 0.1) is 0 Å². The topological polar surface area (TPSA) is 41.1 Å². The number of benzene rings is 1. The summed E-state index contributed by atoms with van der Waals surface area (Å²) in [6.45, 7) is 3.64. The van der Waals surface area contributed by atoms with Crippen LogP contribution in [-0.4, -0.2) is 36.1 Å². The van der Waals surface area contributed by atoms with Crippen molar-refractivity contribution in [2.45, 2.75) is 0 Å². The highest BCUT2D eigenvalue weighted by Gasteiger charge is 2.17. The highest BCUT2D eigenvalue weighted by Crippen LogP contribution is 2.26. The Hall–Kier alpha value is -2.01. The van der Waals surface area contributed by atoms with E-state index in [2.05, 4.69) is 20.2 Å². The molecule has 0 spiro atoms. The van der Waals surface area contributed by atoms with Gasteiger partial charge in [-0.25, -0.2) is 9.37 Å². The van der Waals surface area contributed by atoms with E-state index < -0.39 is 0 Å². The predicted molar refractivity (Wildman–Crippen MR) is 72.5 cm³/mol. The minimum absolute atomic E-state index is 0.255. The number of rotatable bonds is 2. The fraction of sp³-hybridized carbons (Fsp3) is 0.286. The molecule has 2 heterocycles. The first-order valence-corrected chi connectivity index (χ1v) is 6.37. The molecule has 1 aliphatic rings. The fourth-order valence-electron chi connectivity index (χ4n) is 2.28. The molecule has 19 heavy (non-hydrogen) atoms. The molecule has 5 heteroatoms. The van der Waals surface area contributed by atoms with E-state index in [0.717, 1.165) is 43.3 Å². The summed E-state index contributed by atoms with van der Waals surface area (Å²) in [5, 5.41) is 3.30. The summed E-state index contributed by atoms with van der Waals surface area (Å²) in [5.41, 5.74) is 1.51. The molecule has 0 aliphatic carbocycles. The molecule has 1 N–H and O–H groups in total. The van der Waals surface area contributed by atoms with Crippen LogP contribution in [0.1, 0.15) is 0 Å². The van der Waals surface area contributed by atoms with Crippen molar-refractivity contribution in [1.82, 2.24) is 15.3 Å². The summed E-state index contributed by atoms with van der Waals surface area (Å²) in [6.07, 6.45) is 3.33. The van der Waals surface area contributed by atoms with Crippen LogP contribution < -0.4 is 10.2 Å². The quantitative estimate of drug-likeness (QED) is 0.890. The zero-order valence-corrected chi connectivity index (χ0v) is 10.5. The van der Waals surface area contributed by atoms with E-state index in [9.17, 15) is 4.39 Å². The third-order valence-electron chi connectivity index (χ3n) is 3.19. The molecule has 1 aromatic heterocycles. The van der Waals surface area contributed by atoms with Gasteiger partial charge in [0.1, 0.15) is 11.5 Å². The van der Waals surface area contributed by atoms with Crippen LogP contribution >= 0.6 is 0 Å². The van der Waals surface area contributed by atoms with Crippen molar-refractivity contribution in [3.8, 4) is 11.3 Å². The SMILES string of the molecule is Fc1cccc(-c2nccnc2N2CCNCC2)c1. The lowest BCUT2D eigenvalue weighted by molar-refractivity contribution is 0.584. The molecule has 1 saturated heterocycles. The second kappa shape index (κ2) is 5.32. The minimum Gasteiger partial charge on any atom is -0.352 e. The molecule has 0 radical (unpaired) electrons. The van der Waals surface area contributed by atoms with Crippen molar-refractivity contribution >= 4 is 5.82 Å².